The van der Waals surface area contributed by atoms with Crippen LogP contribution < -0.4 is 5.32 Å². The van der Waals surface area contributed by atoms with Crippen molar-refractivity contribution >= 4 is 5.91 Å². The maximum atomic E-state index is 12.6. The summed E-state index contributed by atoms with van der Waals surface area (Å²) in [4.78, 5) is 17.4. The van der Waals surface area contributed by atoms with Gasteiger partial charge in [0.25, 0.3) is 0 Å². The normalized spacial score (nSPS) is 39.6. The largest absolute Gasteiger partial charge is 0.340 e. The minimum Gasteiger partial charge on any atom is -0.340 e. The molecule has 4 nitrogen and oxygen atoms in total. The topological polar surface area (TPSA) is 35.6 Å². The number of rotatable bonds is 2. The third-order valence-electron chi connectivity index (χ3n) is 5.96. The number of piperazine rings is 1. The van der Waals surface area contributed by atoms with E-state index in [9.17, 15) is 4.79 Å². The summed E-state index contributed by atoms with van der Waals surface area (Å²) < 4.78 is 0. The van der Waals surface area contributed by atoms with Crippen molar-refractivity contribution in [1.82, 2.24) is 15.1 Å². The van der Waals surface area contributed by atoms with Gasteiger partial charge in [-0.15, -0.1) is 0 Å². The highest BCUT2D eigenvalue weighted by molar-refractivity contribution is 5.79. The van der Waals surface area contributed by atoms with E-state index in [0.29, 0.717) is 11.8 Å². The van der Waals surface area contributed by atoms with Gasteiger partial charge in [0.1, 0.15) is 0 Å². The van der Waals surface area contributed by atoms with Crippen LogP contribution in [0.5, 0.6) is 0 Å². The van der Waals surface area contributed by atoms with Gasteiger partial charge in [-0.2, -0.15) is 0 Å². The van der Waals surface area contributed by atoms with E-state index in [1.165, 1.54) is 25.7 Å². The Hall–Kier alpha value is -0.610. The molecule has 3 atom stereocenters. The van der Waals surface area contributed by atoms with Gasteiger partial charge in [-0.25, -0.2) is 0 Å². The Morgan fingerprint density at radius 1 is 1.00 bits per heavy atom. The van der Waals surface area contributed by atoms with Crippen molar-refractivity contribution in [2.45, 2.75) is 31.7 Å². The van der Waals surface area contributed by atoms with Crippen molar-refractivity contribution in [3.05, 3.63) is 0 Å². The molecule has 19 heavy (non-hydrogen) atoms. The van der Waals surface area contributed by atoms with E-state index in [1.54, 1.807) is 0 Å². The van der Waals surface area contributed by atoms with Gasteiger partial charge in [-0.05, 0) is 31.1 Å². The summed E-state index contributed by atoms with van der Waals surface area (Å²) in [6, 6.07) is 0.736. The molecular weight excluding hydrogens is 238 g/mol. The Balaban J connectivity index is 1.32. The van der Waals surface area contributed by atoms with Crippen LogP contribution in [-0.2, 0) is 4.79 Å². The van der Waals surface area contributed by atoms with Crippen molar-refractivity contribution in [2.75, 3.05) is 39.3 Å². The van der Waals surface area contributed by atoms with E-state index in [2.05, 4.69) is 15.1 Å². The van der Waals surface area contributed by atoms with Gasteiger partial charge in [-0.3, -0.25) is 9.69 Å². The molecule has 0 aromatic rings. The van der Waals surface area contributed by atoms with Crippen LogP contribution in [0.2, 0.25) is 0 Å². The SMILES string of the molecule is O=C(C1CC2CCC1C2)N1CCN(C2CNC2)CC1. The Morgan fingerprint density at radius 2 is 1.79 bits per heavy atom. The van der Waals surface area contributed by atoms with E-state index in [0.717, 1.165) is 57.1 Å². The number of carbonyl (C=O) groups excluding carboxylic acids is 1. The van der Waals surface area contributed by atoms with Gasteiger partial charge in [-0.1, -0.05) is 6.42 Å². The summed E-state index contributed by atoms with van der Waals surface area (Å²) in [5.74, 6) is 2.47. The van der Waals surface area contributed by atoms with Crippen LogP contribution in [-0.4, -0.2) is 61.0 Å². The summed E-state index contributed by atoms with van der Waals surface area (Å²) in [5, 5.41) is 3.33. The first kappa shape index (κ1) is 12.2. The molecule has 0 radical (unpaired) electrons. The molecule has 1 amide bonds. The first-order valence-electron chi connectivity index (χ1n) is 8.05. The van der Waals surface area contributed by atoms with E-state index in [4.69, 9.17) is 0 Å². The standard InChI is InChI=1S/C15H25N3O/c19-15(14-8-11-1-2-12(14)7-11)18-5-3-17(4-6-18)13-9-16-10-13/h11-14,16H,1-10H2. The van der Waals surface area contributed by atoms with Crippen molar-refractivity contribution in [3.63, 3.8) is 0 Å². The van der Waals surface area contributed by atoms with Gasteiger partial charge in [0.05, 0.1) is 0 Å². The molecule has 2 aliphatic heterocycles. The lowest BCUT2D eigenvalue weighted by Gasteiger charge is -2.44. The molecule has 0 aromatic heterocycles. The van der Waals surface area contributed by atoms with Crippen molar-refractivity contribution in [2.24, 2.45) is 17.8 Å². The fourth-order valence-corrected chi connectivity index (χ4v) is 4.62. The number of fused-ring (bicyclic) bond motifs is 2. The fourth-order valence-electron chi connectivity index (χ4n) is 4.62. The Bertz CT molecular complexity index is 360. The van der Waals surface area contributed by atoms with Gasteiger partial charge < -0.3 is 10.2 Å². The smallest absolute Gasteiger partial charge is 0.226 e. The molecule has 2 bridgehead atoms. The zero-order valence-corrected chi connectivity index (χ0v) is 11.7. The number of nitrogens with zero attached hydrogens (tertiary/aromatic N) is 2. The third kappa shape index (κ3) is 2.09. The molecule has 2 saturated heterocycles. The quantitative estimate of drug-likeness (QED) is 0.790. The average Bonchev–Trinajstić information content (AvgIpc) is 2.99. The van der Waals surface area contributed by atoms with E-state index in [1.807, 2.05) is 0 Å². The Morgan fingerprint density at radius 3 is 2.32 bits per heavy atom. The van der Waals surface area contributed by atoms with Gasteiger partial charge >= 0.3 is 0 Å². The van der Waals surface area contributed by atoms with Crippen LogP contribution >= 0.6 is 0 Å². The minimum absolute atomic E-state index is 0.385. The van der Waals surface area contributed by atoms with Gasteiger partial charge in [0.15, 0.2) is 0 Å². The second-order valence-corrected chi connectivity index (χ2v) is 6.95. The molecule has 1 N–H and O–H groups in total. The van der Waals surface area contributed by atoms with Crippen LogP contribution in [0.25, 0.3) is 0 Å². The maximum absolute atomic E-state index is 12.6. The number of hydrogen-bond donors (Lipinski definition) is 1. The minimum atomic E-state index is 0.385. The molecule has 2 heterocycles. The molecule has 4 heteroatoms. The average molecular weight is 263 g/mol. The number of carbonyl (C=O) groups is 1. The van der Waals surface area contributed by atoms with Crippen LogP contribution in [0.1, 0.15) is 25.7 Å². The maximum Gasteiger partial charge on any atom is 0.226 e. The monoisotopic (exact) mass is 263 g/mol. The zero-order valence-electron chi connectivity index (χ0n) is 11.7. The molecule has 106 valence electrons. The molecule has 2 aliphatic carbocycles. The molecule has 4 rings (SSSR count). The zero-order chi connectivity index (χ0) is 12.8. The van der Waals surface area contributed by atoms with Crippen molar-refractivity contribution in [1.29, 1.82) is 0 Å². The molecule has 2 saturated carbocycles. The van der Waals surface area contributed by atoms with Gasteiger partial charge in [0, 0.05) is 51.2 Å². The van der Waals surface area contributed by atoms with Crippen molar-refractivity contribution < 1.29 is 4.79 Å². The summed E-state index contributed by atoms with van der Waals surface area (Å²) in [6.07, 6.45) is 5.23. The van der Waals surface area contributed by atoms with Crippen molar-refractivity contribution in [3.8, 4) is 0 Å². The lowest BCUT2D eigenvalue weighted by Crippen LogP contribution is -2.62. The highest BCUT2D eigenvalue weighted by Crippen LogP contribution is 2.48. The van der Waals surface area contributed by atoms with Crippen LogP contribution in [0.4, 0.5) is 0 Å². The summed E-state index contributed by atoms with van der Waals surface area (Å²) in [7, 11) is 0. The second-order valence-electron chi connectivity index (χ2n) is 6.95. The van der Waals surface area contributed by atoms with Crippen LogP contribution in [0.15, 0.2) is 0 Å². The first-order chi connectivity index (χ1) is 9.31. The van der Waals surface area contributed by atoms with E-state index < -0.39 is 0 Å². The lowest BCUT2D eigenvalue weighted by atomic mass is 9.87. The lowest BCUT2D eigenvalue weighted by molar-refractivity contribution is -0.139. The number of nitrogens with one attached hydrogen (secondary N) is 1. The fraction of sp³-hybridized carbons (Fsp3) is 0.933. The van der Waals surface area contributed by atoms with E-state index >= 15 is 0 Å². The first-order valence-corrected chi connectivity index (χ1v) is 8.05. The van der Waals surface area contributed by atoms with Crippen LogP contribution in [0, 0.1) is 17.8 Å². The van der Waals surface area contributed by atoms with E-state index in [-0.39, 0.29) is 0 Å². The molecule has 0 spiro atoms. The molecule has 3 unspecified atom stereocenters. The Labute approximate surface area is 115 Å². The Kier molecular flexibility index (Phi) is 3.03. The second kappa shape index (κ2) is 4.74. The predicted molar refractivity (Wildman–Crippen MR) is 73.7 cm³/mol. The molecule has 4 aliphatic rings. The highest BCUT2D eigenvalue weighted by Gasteiger charge is 2.44. The molecule has 0 aromatic carbocycles. The summed E-state index contributed by atoms with van der Waals surface area (Å²) in [6.45, 7) is 6.37. The molecular formula is C15H25N3O. The number of hydrogen-bond acceptors (Lipinski definition) is 3. The third-order valence-corrected chi connectivity index (χ3v) is 5.96. The van der Waals surface area contributed by atoms with Crippen LogP contribution in [0.3, 0.4) is 0 Å². The van der Waals surface area contributed by atoms with Gasteiger partial charge in [0.2, 0.25) is 5.91 Å². The summed E-state index contributed by atoms with van der Waals surface area (Å²) >= 11 is 0. The number of amides is 1. The highest BCUT2D eigenvalue weighted by atomic mass is 16.2. The predicted octanol–water partition coefficient (Wildman–Crippen LogP) is 0.539. The molecule has 4 fully saturated rings. The summed E-state index contributed by atoms with van der Waals surface area (Å²) in [5.41, 5.74) is 0.